The highest BCUT2D eigenvalue weighted by atomic mass is 19.2. The highest BCUT2D eigenvalue weighted by Gasteiger charge is 2.26. The van der Waals surface area contributed by atoms with Crippen molar-refractivity contribution in [2.45, 2.75) is 6.42 Å². The predicted molar refractivity (Wildman–Crippen MR) is 90.8 cm³/mol. The number of hydrogen-bond donors (Lipinski definition) is 1. The molecule has 3 amide bonds. The maximum absolute atomic E-state index is 13.1. The molecule has 27 heavy (non-hydrogen) atoms. The maximum atomic E-state index is 13.1. The number of rotatable bonds is 4. The van der Waals surface area contributed by atoms with Gasteiger partial charge >= 0.3 is 0 Å². The van der Waals surface area contributed by atoms with Gasteiger partial charge in [0, 0.05) is 37.9 Å². The standard InChI is InChI=1S/C18H17F2N3O4/c19-13-4-3-12(10-14(13)20)21-16(24)11-17(25)22-5-7-23(8-6-22)18(26)15-2-1-9-27-15/h1-4,9-10H,5-8,11H2,(H,21,24). The van der Waals surface area contributed by atoms with Crippen molar-refractivity contribution in [3.05, 3.63) is 54.0 Å². The van der Waals surface area contributed by atoms with Gasteiger partial charge < -0.3 is 19.5 Å². The normalized spacial score (nSPS) is 14.1. The van der Waals surface area contributed by atoms with E-state index < -0.39 is 29.9 Å². The van der Waals surface area contributed by atoms with Gasteiger partial charge in [-0.2, -0.15) is 0 Å². The van der Waals surface area contributed by atoms with Crippen LogP contribution in [0.25, 0.3) is 0 Å². The van der Waals surface area contributed by atoms with Gasteiger partial charge in [-0.05, 0) is 24.3 Å². The molecule has 0 bridgehead atoms. The van der Waals surface area contributed by atoms with Gasteiger partial charge in [0.05, 0.1) is 6.26 Å². The first-order valence-electron chi connectivity index (χ1n) is 8.29. The molecule has 1 aromatic heterocycles. The lowest BCUT2D eigenvalue weighted by Crippen LogP contribution is -2.51. The number of piperazine rings is 1. The van der Waals surface area contributed by atoms with Crippen LogP contribution in [0.2, 0.25) is 0 Å². The first-order chi connectivity index (χ1) is 12.9. The first-order valence-corrected chi connectivity index (χ1v) is 8.29. The van der Waals surface area contributed by atoms with Gasteiger partial charge in [-0.15, -0.1) is 0 Å². The van der Waals surface area contributed by atoms with Crippen molar-refractivity contribution in [1.82, 2.24) is 9.80 Å². The molecule has 7 nitrogen and oxygen atoms in total. The molecule has 142 valence electrons. The van der Waals surface area contributed by atoms with Crippen LogP contribution in [0.1, 0.15) is 17.0 Å². The second-order valence-electron chi connectivity index (χ2n) is 6.00. The van der Waals surface area contributed by atoms with Crippen LogP contribution in [0.5, 0.6) is 0 Å². The van der Waals surface area contributed by atoms with E-state index in [2.05, 4.69) is 5.32 Å². The van der Waals surface area contributed by atoms with E-state index in [0.717, 1.165) is 12.1 Å². The van der Waals surface area contributed by atoms with Gasteiger partial charge in [-0.25, -0.2) is 8.78 Å². The van der Waals surface area contributed by atoms with Gasteiger partial charge in [0.25, 0.3) is 5.91 Å². The van der Waals surface area contributed by atoms with Crippen LogP contribution < -0.4 is 5.32 Å². The monoisotopic (exact) mass is 377 g/mol. The lowest BCUT2D eigenvalue weighted by Gasteiger charge is -2.34. The quantitative estimate of drug-likeness (QED) is 0.825. The first kappa shape index (κ1) is 18.6. The summed E-state index contributed by atoms with van der Waals surface area (Å²) in [4.78, 5) is 39.4. The Morgan fingerprint density at radius 3 is 2.33 bits per heavy atom. The van der Waals surface area contributed by atoms with Gasteiger partial charge in [0.1, 0.15) is 6.42 Å². The van der Waals surface area contributed by atoms with Crippen LogP contribution in [0.15, 0.2) is 41.0 Å². The van der Waals surface area contributed by atoms with Crippen LogP contribution >= 0.6 is 0 Å². The van der Waals surface area contributed by atoms with E-state index in [1.807, 2.05) is 0 Å². The van der Waals surface area contributed by atoms with Gasteiger partial charge in [0.15, 0.2) is 17.4 Å². The average Bonchev–Trinajstić information content (AvgIpc) is 3.19. The molecule has 0 atom stereocenters. The zero-order chi connectivity index (χ0) is 19.4. The van der Waals surface area contributed by atoms with Crippen molar-refractivity contribution in [3.8, 4) is 0 Å². The molecule has 0 saturated carbocycles. The molecule has 2 heterocycles. The topological polar surface area (TPSA) is 82.9 Å². The number of nitrogens with zero attached hydrogens (tertiary/aromatic N) is 2. The summed E-state index contributed by atoms with van der Waals surface area (Å²) in [6.45, 7) is 1.25. The molecule has 1 saturated heterocycles. The Hall–Kier alpha value is -3.23. The van der Waals surface area contributed by atoms with Crippen molar-refractivity contribution < 1.29 is 27.6 Å². The van der Waals surface area contributed by atoms with E-state index in [4.69, 9.17) is 4.42 Å². The van der Waals surface area contributed by atoms with Gasteiger partial charge in [-0.1, -0.05) is 0 Å². The Labute approximate surface area is 153 Å². The predicted octanol–water partition coefficient (Wildman–Crippen LogP) is 1.87. The lowest BCUT2D eigenvalue weighted by atomic mass is 10.2. The minimum Gasteiger partial charge on any atom is -0.459 e. The number of nitrogens with one attached hydrogen (secondary N) is 1. The highest BCUT2D eigenvalue weighted by molar-refractivity contribution is 6.03. The molecule has 1 N–H and O–H groups in total. The smallest absolute Gasteiger partial charge is 0.289 e. The molecule has 1 aliphatic heterocycles. The zero-order valence-corrected chi connectivity index (χ0v) is 14.3. The number of carbonyl (C=O) groups is 3. The van der Waals surface area contributed by atoms with Crippen LogP contribution in [0, 0.1) is 11.6 Å². The average molecular weight is 377 g/mol. The van der Waals surface area contributed by atoms with E-state index in [0.29, 0.717) is 26.2 Å². The lowest BCUT2D eigenvalue weighted by molar-refractivity contribution is -0.135. The summed E-state index contributed by atoms with van der Waals surface area (Å²) in [6, 6.07) is 6.14. The Morgan fingerprint density at radius 1 is 1.00 bits per heavy atom. The summed E-state index contributed by atoms with van der Waals surface area (Å²) in [5, 5.41) is 2.36. The molecule has 1 aromatic carbocycles. The minimum absolute atomic E-state index is 0.0700. The van der Waals surface area contributed by atoms with Gasteiger partial charge in [-0.3, -0.25) is 14.4 Å². The van der Waals surface area contributed by atoms with Crippen molar-refractivity contribution in [3.63, 3.8) is 0 Å². The molecular formula is C18H17F2N3O4. The Balaban J connectivity index is 1.48. The Kier molecular flexibility index (Phi) is 5.49. The van der Waals surface area contributed by atoms with Gasteiger partial charge in [0.2, 0.25) is 11.8 Å². The van der Waals surface area contributed by atoms with E-state index >= 15 is 0 Å². The van der Waals surface area contributed by atoms with Crippen molar-refractivity contribution in [2.75, 3.05) is 31.5 Å². The fraction of sp³-hybridized carbons (Fsp3) is 0.278. The van der Waals surface area contributed by atoms with E-state index in [-0.39, 0.29) is 17.4 Å². The third-order valence-electron chi connectivity index (χ3n) is 4.17. The molecule has 0 radical (unpaired) electrons. The number of benzene rings is 1. The summed E-state index contributed by atoms with van der Waals surface area (Å²) in [5.74, 6) is -3.15. The fourth-order valence-corrected chi connectivity index (χ4v) is 2.74. The van der Waals surface area contributed by atoms with Crippen LogP contribution in [0.4, 0.5) is 14.5 Å². The number of furan rings is 1. The molecule has 9 heteroatoms. The summed E-state index contributed by atoms with van der Waals surface area (Å²) < 4.78 is 31.1. The third kappa shape index (κ3) is 4.49. The summed E-state index contributed by atoms with van der Waals surface area (Å²) in [6.07, 6.45) is 0.990. The number of amides is 3. The second-order valence-corrected chi connectivity index (χ2v) is 6.00. The Morgan fingerprint density at radius 2 is 1.70 bits per heavy atom. The summed E-state index contributed by atoms with van der Waals surface area (Å²) in [5.41, 5.74) is 0.0700. The molecular weight excluding hydrogens is 360 g/mol. The molecule has 0 aliphatic carbocycles. The zero-order valence-electron chi connectivity index (χ0n) is 14.3. The molecule has 0 unspecified atom stereocenters. The van der Waals surface area contributed by atoms with E-state index in [1.165, 1.54) is 17.2 Å². The molecule has 2 aromatic rings. The summed E-state index contributed by atoms with van der Waals surface area (Å²) in [7, 11) is 0. The highest BCUT2D eigenvalue weighted by Crippen LogP contribution is 2.14. The molecule has 1 aliphatic rings. The number of carbonyl (C=O) groups excluding carboxylic acids is 3. The van der Waals surface area contributed by atoms with Crippen molar-refractivity contribution >= 4 is 23.4 Å². The van der Waals surface area contributed by atoms with Crippen molar-refractivity contribution in [1.29, 1.82) is 0 Å². The summed E-state index contributed by atoms with van der Waals surface area (Å²) >= 11 is 0. The van der Waals surface area contributed by atoms with E-state index in [9.17, 15) is 23.2 Å². The third-order valence-corrected chi connectivity index (χ3v) is 4.17. The molecule has 0 spiro atoms. The molecule has 3 rings (SSSR count). The second kappa shape index (κ2) is 7.98. The van der Waals surface area contributed by atoms with E-state index in [1.54, 1.807) is 17.0 Å². The van der Waals surface area contributed by atoms with Crippen LogP contribution in [0.3, 0.4) is 0 Å². The number of hydrogen-bond acceptors (Lipinski definition) is 4. The molecule has 1 fully saturated rings. The SMILES string of the molecule is O=C(CC(=O)N1CCN(C(=O)c2ccco2)CC1)Nc1ccc(F)c(F)c1. The Bertz CT molecular complexity index is 846. The fourth-order valence-electron chi connectivity index (χ4n) is 2.74. The maximum Gasteiger partial charge on any atom is 0.289 e. The van der Waals surface area contributed by atoms with Crippen molar-refractivity contribution in [2.24, 2.45) is 0 Å². The van der Waals surface area contributed by atoms with Crippen LogP contribution in [-0.2, 0) is 9.59 Å². The number of anilines is 1. The largest absolute Gasteiger partial charge is 0.459 e. The number of halogens is 2. The minimum atomic E-state index is -1.09. The van der Waals surface area contributed by atoms with Crippen LogP contribution in [-0.4, -0.2) is 53.7 Å².